The molecule has 2 rings (SSSR count). The zero-order chi connectivity index (χ0) is 9.10. The Labute approximate surface area is 83.9 Å². The van der Waals surface area contributed by atoms with Gasteiger partial charge in [0, 0.05) is 10.2 Å². The Bertz CT molecular complexity index is 386. The second kappa shape index (κ2) is 3.62. The van der Waals surface area contributed by atoms with Gasteiger partial charge in [0.2, 0.25) is 0 Å². The topological polar surface area (TPSA) is 38.1 Å². The summed E-state index contributed by atoms with van der Waals surface area (Å²) < 4.78 is 5.86. The first kappa shape index (κ1) is 8.31. The minimum absolute atomic E-state index is 0.707. The number of anilines is 2. The molecule has 0 aliphatic rings. The van der Waals surface area contributed by atoms with Crippen molar-refractivity contribution >= 4 is 27.4 Å². The molecule has 0 unspecified atom stereocenters. The number of nitrogens with one attached hydrogen (secondary N) is 1. The lowest BCUT2D eigenvalue weighted by Crippen LogP contribution is -1.88. The molecule has 3 nitrogen and oxygen atoms in total. The molecule has 13 heavy (non-hydrogen) atoms. The Balaban J connectivity index is 2.19. The molecule has 0 fully saturated rings. The summed E-state index contributed by atoms with van der Waals surface area (Å²) in [6, 6.07) is 7.84. The van der Waals surface area contributed by atoms with E-state index in [4.69, 9.17) is 4.42 Å². The van der Waals surface area contributed by atoms with Crippen LogP contribution in [-0.4, -0.2) is 4.98 Å². The van der Waals surface area contributed by atoms with E-state index in [1.807, 2.05) is 24.3 Å². The summed E-state index contributed by atoms with van der Waals surface area (Å²) in [5.74, 6) is 0.707. The maximum absolute atomic E-state index is 4.83. The Morgan fingerprint density at radius 3 is 3.00 bits per heavy atom. The highest BCUT2D eigenvalue weighted by Gasteiger charge is 1.96. The SMILES string of the molecule is Brc1cccc(Nc2cocn2)c1. The first-order valence-electron chi connectivity index (χ1n) is 3.75. The van der Waals surface area contributed by atoms with Crippen molar-refractivity contribution in [3.8, 4) is 0 Å². The molecule has 2 aromatic rings. The van der Waals surface area contributed by atoms with E-state index in [0.29, 0.717) is 5.82 Å². The molecule has 0 aliphatic carbocycles. The quantitative estimate of drug-likeness (QED) is 0.874. The van der Waals surface area contributed by atoms with Gasteiger partial charge in [-0.1, -0.05) is 22.0 Å². The molecule has 4 heteroatoms. The van der Waals surface area contributed by atoms with Crippen LogP contribution in [0.2, 0.25) is 0 Å². The standard InChI is InChI=1S/C9H7BrN2O/c10-7-2-1-3-8(4-7)12-9-5-13-6-11-9/h1-6,12H. The molecule has 1 heterocycles. The van der Waals surface area contributed by atoms with Crippen LogP contribution in [0.3, 0.4) is 0 Å². The zero-order valence-electron chi connectivity index (χ0n) is 6.70. The predicted molar refractivity (Wildman–Crippen MR) is 53.9 cm³/mol. The molecule has 0 saturated heterocycles. The van der Waals surface area contributed by atoms with Gasteiger partial charge < -0.3 is 9.73 Å². The number of halogens is 1. The van der Waals surface area contributed by atoms with E-state index in [9.17, 15) is 0 Å². The molecule has 0 aliphatic heterocycles. The smallest absolute Gasteiger partial charge is 0.182 e. The third-order valence-electron chi connectivity index (χ3n) is 1.53. The van der Waals surface area contributed by atoms with Crippen LogP contribution in [0.4, 0.5) is 11.5 Å². The van der Waals surface area contributed by atoms with Gasteiger partial charge in [-0.25, -0.2) is 0 Å². The summed E-state index contributed by atoms with van der Waals surface area (Å²) in [6.45, 7) is 0. The largest absolute Gasteiger partial charge is 0.449 e. The predicted octanol–water partition coefficient (Wildman–Crippen LogP) is 3.18. The van der Waals surface area contributed by atoms with Crippen LogP contribution in [0, 0.1) is 0 Å². The van der Waals surface area contributed by atoms with Crippen molar-refractivity contribution in [3.05, 3.63) is 41.4 Å². The second-order valence-corrected chi connectivity index (χ2v) is 3.42. The van der Waals surface area contributed by atoms with Gasteiger partial charge in [-0.2, -0.15) is 4.98 Å². The van der Waals surface area contributed by atoms with Crippen LogP contribution in [0.5, 0.6) is 0 Å². The van der Waals surface area contributed by atoms with Crippen LogP contribution in [0.15, 0.2) is 45.8 Å². The fraction of sp³-hybridized carbons (Fsp3) is 0. The molecule has 0 bridgehead atoms. The van der Waals surface area contributed by atoms with Gasteiger partial charge in [0.25, 0.3) is 0 Å². The molecule has 0 saturated carbocycles. The van der Waals surface area contributed by atoms with Crippen LogP contribution in [0.25, 0.3) is 0 Å². The first-order chi connectivity index (χ1) is 6.34. The molecule has 0 amide bonds. The minimum atomic E-state index is 0.707. The lowest BCUT2D eigenvalue weighted by Gasteiger charge is -2.01. The highest BCUT2D eigenvalue weighted by atomic mass is 79.9. The molecule has 1 aromatic heterocycles. The Morgan fingerprint density at radius 1 is 1.38 bits per heavy atom. The van der Waals surface area contributed by atoms with Crippen LogP contribution in [0.1, 0.15) is 0 Å². The molecular weight excluding hydrogens is 232 g/mol. The van der Waals surface area contributed by atoms with E-state index in [0.717, 1.165) is 10.2 Å². The van der Waals surface area contributed by atoms with Crippen LogP contribution >= 0.6 is 15.9 Å². The van der Waals surface area contributed by atoms with Gasteiger partial charge >= 0.3 is 0 Å². The van der Waals surface area contributed by atoms with E-state index in [2.05, 4.69) is 26.2 Å². The lowest BCUT2D eigenvalue weighted by molar-refractivity contribution is 0.558. The van der Waals surface area contributed by atoms with Crippen LogP contribution < -0.4 is 5.32 Å². The zero-order valence-corrected chi connectivity index (χ0v) is 8.28. The van der Waals surface area contributed by atoms with Crippen molar-refractivity contribution in [2.24, 2.45) is 0 Å². The minimum Gasteiger partial charge on any atom is -0.449 e. The van der Waals surface area contributed by atoms with Crippen molar-refractivity contribution in [2.75, 3.05) is 5.32 Å². The summed E-state index contributed by atoms with van der Waals surface area (Å²) in [4.78, 5) is 3.95. The lowest BCUT2D eigenvalue weighted by atomic mass is 10.3. The average Bonchev–Trinajstić information content (AvgIpc) is 2.57. The van der Waals surface area contributed by atoms with E-state index < -0.39 is 0 Å². The maximum Gasteiger partial charge on any atom is 0.182 e. The van der Waals surface area contributed by atoms with E-state index in [1.54, 1.807) is 6.26 Å². The third kappa shape index (κ3) is 2.09. The number of hydrogen-bond acceptors (Lipinski definition) is 3. The van der Waals surface area contributed by atoms with Gasteiger partial charge in [-0.3, -0.25) is 0 Å². The first-order valence-corrected chi connectivity index (χ1v) is 4.55. The number of benzene rings is 1. The highest BCUT2D eigenvalue weighted by molar-refractivity contribution is 9.10. The van der Waals surface area contributed by atoms with Gasteiger partial charge in [0.15, 0.2) is 12.2 Å². The fourth-order valence-electron chi connectivity index (χ4n) is 0.988. The summed E-state index contributed by atoms with van der Waals surface area (Å²) >= 11 is 3.38. The molecular formula is C9H7BrN2O. The van der Waals surface area contributed by atoms with Crippen molar-refractivity contribution < 1.29 is 4.42 Å². The number of aromatic nitrogens is 1. The fourth-order valence-corrected chi connectivity index (χ4v) is 1.39. The van der Waals surface area contributed by atoms with E-state index >= 15 is 0 Å². The number of rotatable bonds is 2. The normalized spacial score (nSPS) is 9.92. The number of oxazole rings is 1. The average molecular weight is 239 g/mol. The van der Waals surface area contributed by atoms with Gasteiger partial charge in [0.05, 0.1) is 0 Å². The summed E-state index contributed by atoms with van der Waals surface area (Å²) in [7, 11) is 0. The highest BCUT2D eigenvalue weighted by Crippen LogP contribution is 2.18. The van der Waals surface area contributed by atoms with Crippen molar-refractivity contribution in [2.45, 2.75) is 0 Å². The molecule has 1 N–H and O–H groups in total. The second-order valence-electron chi connectivity index (χ2n) is 2.51. The molecule has 0 radical (unpaired) electrons. The monoisotopic (exact) mass is 238 g/mol. The third-order valence-corrected chi connectivity index (χ3v) is 2.02. The van der Waals surface area contributed by atoms with Gasteiger partial charge in [-0.05, 0) is 18.2 Å². The molecule has 0 spiro atoms. The van der Waals surface area contributed by atoms with E-state index in [-0.39, 0.29) is 0 Å². The van der Waals surface area contributed by atoms with Crippen molar-refractivity contribution in [1.82, 2.24) is 4.98 Å². The van der Waals surface area contributed by atoms with Crippen LogP contribution in [-0.2, 0) is 0 Å². The van der Waals surface area contributed by atoms with Gasteiger partial charge in [-0.15, -0.1) is 0 Å². The Hall–Kier alpha value is -1.29. The summed E-state index contributed by atoms with van der Waals surface area (Å²) in [5.41, 5.74) is 0.975. The molecule has 1 aromatic carbocycles. The number of nitrogens with zero attached hydrogens (tertiary/aromatic N) is 1. The maximum atomic E-state index is 4.83. The molecule has 0 atom stereocenters. The number of hydrogen-bond donors (Lipinski definition) is 1. The van der Waals surface area contributed by atoms with E-state index in [1.165, 1.54) is 6.39 Å². The Kier molecular flexibility index (Phi) is 2.31. The Morgan fingerprint density at radius 2 is 2.31 bits per heavy atom. The van der Waals surface area contributed by atoms with Crippen molar-refractivity contribution in [1.29, 1.82) is 0 Å². The van der Waals surface area contributed by atoms with Crippen molar-refractivity contribution in [3.63, 3.8) is 0 Å². The van der Waals surface area contributed by atoms with Gasteiger partial charge in [0.1, 0.15) is 6.26 Å². The summed E-state index contributed by atoms with van der Waals surface area (Å²) in [6.07, 6.45) is 2.95. The summed E-state index contributed by atoms with van der Waals surface area (Å²) in [5, 5.41) is 3.09. The molecule has 66 valence electrons.